The Hall–Kier alpha value is -3.16. The van der Waals surface area contributed by atoms with E-state index in [0.29, 0.717) is 12.8 Å². The highest BCUT2D eigenvalue weighted by molar-refractivity contribution is 5.80. The lowest BCUT2D eigenvalue weighted by Gasteiger charge is -2.41. The third-order valence-electron chi connectivity index (χ3n) is 16.0. The number of aliphatic hydroxyl groups excluding tert-OH is 5. The first-order valence-corrected chi connectivity index (χ1v) is 34.9. The highest BCUT2D eigenvalue weighted by Gasteiger charge is 2.47. The minimum atomic E-state index is -1.62. The largest absolute Gasteiger partial charge is 0.454 e. The minimum Gasteiger partial charge on any atom is -0.454 e. The number of ether oxygens (including phenoxy) is 3. The average Bonchev–Trinajstić information content (AvgIpc) is 3.69. The van der Waals surface area contributed by atoms with Crippen molar-refractivity contribution in [1.29, 1.82) is 0 Å². The van der Waals surface area contributed by atoms with Crippen LogP contribution in [0.4, 0.5) is 0 Å². The predicted octanol–water partition coefficient (Wildman–Crippen LogP) is 17.7. The summed E-state index contributed by atoms with van der Waals surface area (Å²) in [5, 5.41) is 57.2. The van der Waals surface area contributed by atoms with E-state index in [9.17, 15) is 35.1 Å². The summed E-state index contributed by atoms with van der Waals surface area (Å²) in [5.41, 5.74) is 0. The molecule has 1 aliphatic rings. The topological polar surface area (TPSA) is 175 Å². The van der Waals surface area contributed by atoms with E-state index >= 15 is 0 Å². The van der Waals surface area contributed by atoms with Crippen LogP contribution in [0.15, 0.2) is 85.1 Å². The quantitative estimate of drug-likeness (QED) is 0.0195. The zero-order valence-electron chi connectivity index (χ0n) is 54.0. The van der Waals surface area contributed by atoms with Gasteiger partial charge in [0.1, 0.15) is 24.4 Å². The van der Waals surface area contributed by atoms with Gasteiger partial charge in [0.2, 0.25) is 5.91 Å². The Morgan fingerprint density at radius 2 is 0.821 bits per heavy atom. The number of hydrogen-bond donors (Lipinski definition) is 6. The summed E-state index contributed by atoms with van der Waals surface area (Å²) in [4.78, 5) is 26.7. The number of amides is 1. The number of unbranched alkanes of at least 4 members (excludes halogenated alkanes) is 33. The van der Waals surface area contributed by atoms with E-state index in [-0.39, 0.29) is 19.4 Å². The van der Waals surface area contributed by atoms with E-state index in [1.54, 1.807) is 6.08 Å². The monoisotopic (exact) mass is 1180 g/mol. The van der Waals surface area contributed by atoms with Crippen LogP contribution in [0.5, 0.6) is 0 Å². The highest BCUT2D eigenvalue weighted by atomic mass is 16.7. The molecular formula is C73H129NO10. The third-order valence-corrected chi connectivity index (χ3v) is 16.0. The Kier molecular flexibility index (Phi) is 56.5. The Balaban J connectivity index is 2.59. The summed E-state index contributed by atoms with van der Waals surface area (Å²) in [6.07, 6.45) is 69.0. The molecule has 0 aromatic rings. The van der Waals surface area contributed by atoms with Gasteiger partial charge in [0.15, 0.2) is 12.4 Å². The SMILES string of the molecule is CCCCC/C=C\C/C=C\C/C=C\C/C=C\CCCCCCCCCCCC(=O)OC1C(OCC(NC(=O)C(O)CCCCCCCCCC/C=C\C/C=C\CCCCC)C(O)/C=C/CCCCCCCCCCCC)OC(CO)C(O)C1O. The molecule has 1 saturated heterocycles. The van der Waals surface area contributed by atoms with Crippen molar-refractivity contribution in [2.24, 2.45) is 0 Å². The van der Waals surface area contributed by atoms with Crippen molar-refractivity contribution in [3.8, 4) is 0 Å². The number of esters is 1. The van der Waals surface area contributed by atoms with Gasteiger partial charge in [-0.1, -0.05) is 279 Å². The van der Waals surface area contributed by atoms with Crippen LogP contribution in [0.1, 0.15) is 303 Å². The molecule has 0 saturated carbocycles. The number of carbonyl (C=O) groups is 2. The van der Waals surface area contributed by atoms with Crippen molar-refractivity contribution in [2.75, 3.05) is 13.2 Å². The van der Waals surface area contributed by atoms with Gasteiger partial charge in [0.05, 0.1) is 25.4 Å². The van der Waals surface area contributed by atoms with Crippen molar-refractivity contribution in [2.45, 2.75) is 352 Å². The molecule has 0 aromatic heterocycles. The van der Waals surface area contributed by atoms with Crippen LogP contribution < -0.4 is 5.32 Å². The molecule has 1 heterocycles. The van der Waals surface area contributed by atoms with Crippen LogP contribution >= 0.6 is 0 Å². The number of allylic oxidation sites excluding steroid dienone is 13. The second-order valence-electron chi connectivity index (χ2n) is 23.9. The van der Waals surface area contributed by atoms with Crippen LogP contribution in [0, 0.1) is 0 Å². The zero-order valence-corrected chi connectivity index (χ0v) is 54.0. The fourth-order valence-electron chi connectivity index (χ4n) is 10.5. The third kappa shape index (κ3) is 47.0. The van der Waals surface area contributed by atoms with Crippen molar-refractivity contribution >= 4 is 11.9 Å². The number of rotatable bonds is 59. The average molecular weight is 1180 g/mol. The molecule has 1 fully saturated rings. The lowest BCUT2D eigenvalue weighted by molar-refractivity contribution is -0.305. The second kappa shape index (κ2) is 60.1. The Labute approximate surface area is 514 Å². The van der Waals surface area contributed by atoms with Crippen LogP contribution in [0.3, 0.4) is 0 Å². The molecule has 1 amide bonds. The van der Waals surface area contributed by atoms with Gasteiger partial charge in [-0.2, -0.15) is 0 Å². The predicted molar refractivity (Wildman–Crippen MR) is 352 cm³/mol. The molecule has 0 aliphatic carbocycles. The summed E-state index contributed by atoms with van der Waals surface area (Å²) < 4.78 is 17.7. The van der Waals surface area contributed by atoms with E-state index in [4.69, 9.17) is 14.2 Å². The maximum atomic E-state index is 13.5. The first-order chi connectivity index (χ1) is 41.2. The summed E-state index contributed by atoms with van der Waals surface area (Å²) in [6.45, 7) is 5.75. The van der Waals surface area contributed by atoms with Crippen molar-refractivity contribution in [1.82, 2.24) is 5.32 Å². The van der Waals surface area contributed by atoms with Crippen molar-refractivity contribution in [3.05, 3.63) is 85.1 Å². The lowest BCUT2D eigenvalue weighted by atomic mass is 9.99. The summed E-state index contributed by atoms with van der Waals surface area (Å²) in [7, 11) is 0. The maximum absolute atomic E-state index is 13.5. The smallest absolute Gasteiger partial charge is 0.306 e. The second-order valence-corrected chi connectivity index (χ2v) is 23.9. The van der Waals surface area contributed by atoms with Crippen molar-refractivity contribution in [3.63, 3.8) is 0 Å². The molecule has 0 bridgehead atoms. The van der Waals surface area contributed by atoms with Gasteiger partial charge in [-0.3, -0.25) is 9.59 Å². The summed E-state index contributed by atoms with van der Waals surface area (Å²) >= 11 is 0. The van der Waals surface area contributed by atoms with Crippen LogP contribution in [-0.2, 0) is 23.8 Å². The van der Waals surface area contributed by atoms with E-state index in [1.165, 1.54) is 154 Å². The standard InChI is InChI=1S/C73H129NO10/c1-4-7-10-13-16-19-22-25-27-29-31-32-33-34-35-36-37-39-41-43-46-49-52-55-58-61-68(78)84-71-70(80)69(79)67(62-75)83-73(71)82-63-64(65(76)59-56-53-50-47-44-24-21-18-15-12-9-6-3)74-72(81)66(77)60-57-54-51-48-45-42-40-38-30-28-26-23-20-17-14-11-8-5-2/h16-17,19-20,25-28,31-32,34-35,56,59,64-67,69-71,73,75-77,79-80H,4-15,18,21-24,29-30,33,36-55,57-58,60-63H2,1-3H3,(H,74,81)/b19-16-,20-17-,27-25-,28-26-,32-31-,35-34-,59-56+. The fourth-order valence-corrected chi connectivity index (χ4v) is 10.5. The zero-order chi connectivity index (χ0) is 61.0. The summed E-state index contributed by atoms with van der Waals surface area (Å²) in [6, 6.07) is -1.03. The van der Waals surface area contributed by atoms with Gasteiger partial charge >= 0.3 is 5.97 Å². The molecule has 6 N–H and O–H groups in total. The van der Waals surface area contributed by atoms with Crippen LogP contribution in [0.2, 0.25) is 0 Å². The van der Waals surface area contributed by atoms with Gasteiger partial charge < -0.3 is 45.1 Å². The minimum absolute atomic E-state index is 0.113. The molecule has 8 unspecified atom stereocenters. The lowest BCUT2D eigenvalue weighted by Crippen LogP contribution is -2.61. The van der Waals surface area contributed by atoms with Gasteiger partial charge in [-0.25, -0.2) is 0 Å². The first kappa shape index (κ1) is 78.9. The summed E-state index contributed by atoms with van der Waals surface area (Å²) in [5.74, 6) is -1.20. The molecule has 0 aromatic carbocycles. The Morgan fingerprint density at radius 1 is 0.464 bits per heavy atom. The number of hydrogen-bond acceptors (Lipinski definition) is 10. The molecule has 1 aliphatic heterocycles. The van der Waals surface area contributed by atoms with Crippen molar-refractivity contribution < 1.29 is 49.3 Å². The van der Waals surface area contributed by atoms with Crippen LogP contribution in [0.25, 0.3) is 0 Å². The van der Waals surface area contributed by atoms with E-state index in [1.807, 2.05) is 6.08 Å². The van der Waals surface area contributed by atoms with Gasteiger partial charge in [-0.05, 0) is 103 Å². The first-order valence-electron chi connectivity index (χ1n) is 34.9. The number of nitrogens with one attached hydrogen (secondary N) is 1. The van der Waals surface area contributed by atoms with E-state index in [0.717, 1.165) is 103 Å². The molecular weight excluding hydrogens is 1050 g/mol. The van der Waals surface area contributed by atoms with Crippen LogP contribution in [-0.4, -0.2) is 99.6 Å². The molecule has 84 heavy (non-hydrogen) atoms. The highest BCUT2D eigenvalue weighted by Crippen LogP contribution is 2.26. The number of carbonyl (C=O) groups excluding carboxylic acids is 2. The molecule has 0 radical (unpaired) electrons. The van der Waals surface area contributed by atoms with E-state index < -0.39 is 67.4 Å². The van der Waals surface area contributed by atoms with Gasteiger partial charge in [0.25, 0.3) is 0 Å². The fraction of sp³-hybridized carbons (Fsp3) is 0.781. The van der Waals surface area contributed by atoms with Gasteiger partial charge in [0, 0.05) is 6.42 Å². The molecule has 486 valence electrons. The van der Waals surface area contributed by atoms with Gasteiger partial charge in [-0.15, -0.1) is 0 Å². The number of aliphatic hydroxyl groups is 5. The molecule has 1 rings (SSSR count). The Morgan fingerprint density at radius 3 is 1.25 bits per heavy atom. The normalized spacial score (nSPS) is 19.0. The molecule has 0 spiro atoms. The maximum Gasteiger partial charge on any atom is 0.306 e. The molecule has 11 heteroatoms. The Bertz CT molecular complexity index is 1690. The molecule has 11 nitrogen and oxygen atoms in total. The van der Waals surface area contributed by atoms with E-state index in [2.05, 4.69) is 99.0 Å². The molecule has 8 atom stereocenters.